The van der Waals surface area contributed by atoms with E-state index in [0.717, 1.165) is 23.2 Å². The molecule has 0 saturated heterocycles. The van der Waals surface area contributed by atoms with Gasteiger partial charge in [0.1, 0.15) is 6.17 Å². The van der Waals surface area contributed by atoms with Gasteiger partial charge in [0.2, 0.25) is 5.95 Å². The molecule has 4 N–H and O–H groups in total. The van der Waals surface area contributed by atoms with E-state index >= 15 is 0 Å². The van der Waals surface area contributed by atoms with Crippen LogP contribution in [0.2, 0.25) is 0 Å². The lowest BCUT2D eigenvalue weighted by Gasteiger charge is -2.25. The number of benzene rings is 2. The summed E-state index contributed by atoms with van der Waals surface area (Å²) in [6.07, 6.45) is 10.1. The van der Waals surface area contributed by atoms with Gasteiger partial charge in [-0.3, -0.25) is 5.32 Å². The third kappa shape index (κ3) is 4.66. The number of aromatic nitrogens is 1. The Morgan fingerprint density at radius 1 is 1.16 bits per heavy atom. The average molecular weight is 415 g/mol. The van der Waals surface area contributed by atoms with Crippen LogP contribution in [0.1, 0.15) is 29.6 Å². The summed E-state index contributed by atoms with van der Waals surface area (Å²) in [5.41, 5.74) is 10.4. The number of nitrogens with zero attached hydrogens (tertiary/aromatic N) is 1. The van der Waals surface area contributed by atoms with Gasteiger partial charge < -0.3 is 11.1 Å². The first-order valence-corrected chi connectivity index (χ1v) is 10.0. The van der Waals surface area contributed by atoms with Crippen molar-refractivity contribution in [3.05, 3.63) is 102 Å². The lowest BCUT2D eigenvalue weighted by molar-refractivity contribution is 0.493. The van der Waals surface area contributed by atoms with E-state index in [9.17, 15) is 4.39 Å². The van der Waals surface area contributed by atoms with Crippen molar-refractivity contribution in [1.82, 2.24) is 15.6 Å². The first-order chi connectivity index (χ1) is 15.0. The Morgan fingerprint density at radius 2 is 1.90 bits per heavy atom. The summed E-state index contributed by atoms with van der Waals surface area (Å²) in [6.45, 7) is 4.23. The van der Waals surface area contributed by atoms with E-state index in [-0.39, 0.29) is 12.1 Å². The molecule has 2 aromatic carbocycles. The molecule has 3 aromatic rings. The van der Waals surface area contributed by atoms with Crippen LogP contribution in [-0.4, -0.2) is 17.6 Å². The molecule has 0 radical (unpaired) electrons. The van der Waals surface area contributed by atoms with Gasteiger partial charge in [-0.25, -0.2) is 4.98 Å². The summed E-state index contributed by atoms with van der Waals surface area (Å²) in [6, 6.07) is 21.5. The van der Waals surface area contributed by atoms with Gasteiger partial charge in [-0.15, -0.1) is 12.8 Å². The molecule has 1 saturated carbocycles. The number of pyridine rings is 1. The van der Waals surface area contributed by atoms with E-state index < -0.39 is 11.5 Å². The molecule has 5 heteroatoms. The molecule has 4 rings (SSSR count). The van der Waals surface area contributed by atoms with Crippen LogP contribution in [0.15, 0.2) is 85.2 Å². The normalized spacial score (nSPS) is 20.1. The Hall–Kier alpha value is -3.46. The second kappa shape index (κ2) is 9.57. The van der Waals surface area contributed by atoms with Crippen molar-refractivity contribution in [2.45, 2.75) is 24.0 Å². The van der Waals surface area contributed by atoms with E-state index in [4.69, 9.17) is 5.73 Å². The molecule has 1 fully saturated rings. The van der Waals surface area contributed by atoms with Crippen LogP contribution < -0.4 is 16.4 Å². The van der Waals surface area contributed by atoms with Gasteiger partial charge >= 0.3 is 0 Å². The second-order valence-corrected chi connectivity index (χ2v) is 7.52. The van der Waals surface area contributed by atoms with E-state index in [1.54, 1.807) is 12.1 Å². The van der Waals surface area contributed by atoms with Crippen LogP contribution in [0.5, 0.6) is 0 Å². The summed E-state index contributed by atoms with van der Waals surface area (Å²) in [5.74, 6) is -0.218. The van der Waals surface area contributed by atoms with Gasteiger partial charge in [0.05, 0.1) is 5.54 Å². The van der Waals surface area contributed by atoms with Crippen molar-refractivity contribution < 1.29 is 4.39 Å². The topological polar surface area (TPSA) is 63.0 Å². The quantitative estimate of drug-likeness (QED) is 0.306. The molecule has 0 amide bonds. The highest BCUT2D eigenvalue weighted by Crippen LogP contribution is 2.52. The van der Waals surface area contributed by atoms with Crippen LogP contribution in [0.25, 0.3) is 11.1 Å². The zero-order valence-corrected chi connectivity index (χ0v) is 17.6. The van der Waals surface area contributed by atoms with E-state index in [1.165, 1.54) is 11.8 Å². The minimum atomic E-state index is -0.479. The molecular formula is C26H27FN4. The van der Waals surface area contributed by atoms with Crippen molar-refractivity contribution >= 4 is 0 Å². The zero-order chi connectivity index (χ0) is 22.4. The number of nitrogens with one attached hydrogen (secondary N) is 2. The Labute approximate surface area is 183 Å². The predicted octanol–water partition coefficient (Wildman–Crippen LogP) is 4.34. The standard InChI is InChI=1S/C24H25FN4.C2H2/c1-16(24(26)15-21(24)17-8-4-3-5-9-17)29-23(27-2)19-11-6-10-18(14-19)20-12-7-13-28-22(20)25;1-2/h3-14,21,23,27,29H,1,15,26H2,2H3;1-2H/t21?,23-,24?;/m0./s1. The monoisotopic (exact) mass is 414 g/mol. The van der Waals surface area contributed by atoms with Crippen molar-refractivity contribution in [3.63, 3.8) is 0 Å². The highest BCUT2D eigenvalue weighted by atomic mass is 19.1. The third-order valence-corrected chi connectivity index (χ3v) is 5.66. The summed E-state index contributed by atoms with van der Waals surface area (Å²) >= 11 is 0. The van der Waals surface area contributed by atoms with Crippen LogP contribution in [0.3, 0.4) is 0 Å². The summed E-state index contributed by atoms with van der Waals surface area (Å²) in [5, 5.41) is 6.70. The van der Waals surface area contributed by atoms with Crippen molar-refractivity contribution in [2.75, 3.05) is 7.05 Å². The molecule has 2 unspecified atom stereocenters. The lowest BCUT2D eigenvalue weighted by Crippen LogP contribution is -2.40. The van der Waals surface area contributed by atoms with Crippen LogP contribution >= 0.6 is 0 Å². The van der Waals surface area contributed by atoms with Gasteiger partial charge in [0.15, 0.2) is 0 Å². The Morgan fingerprint density at radius 3 is 2.58 bits per heavy atom. The molecule has 1 aliphatic carbocycles. The second-order valence-electron chi connectivity index (χ2n) is 7.52. The van der Waals surface area contributed by atoms with Gasteiger partial charge in [0.25, 0.3) is 0 Å². The minimum absolute atomic E-state index is 0.195. The Kier molecular flexibility index (Phi) is 6.86. The molecule has 0 spiro atoms. The van der Waals surface area contributed by atoms with Crippen LogP contribution in [-0.2, 0) is 0 Å². The van der Waals surface area contributed by atoms with Crippen molar-refractivity contribution in [2.24, 2.45) is 5.73 Å². The van der Waals surface area contributed by atoms with Crippen molar-refractivity contribution in [1.29, 1.82) is 0 Å². The summed E-state index contributed by atoms with van der Waals surface area (Å²) in [7, 11) is 1.87. The number of terminal acetylenes is 1. The first-order valence-electron chi connectivity index (χ1n) is 10.0. The summed E-state index contributed by atoms with van der Waals surface area (Å²) < 4.78 is 14.1. The van der Waals surface area contributed by atoms with Crippen LogP contribution in [0, 0.1) is 18.8 Å². The van der Waals surface area contributed by atoms with Gasteiger partial charge in [-0.1, -0.05) is 55.1 Å². The average Bonchev–Trinajstić information content (AvgIpc) is 3.52. The molecule has 1 aromatic heterocycles. The largest absolute Gasteiger partial charge is 0.368 e. The molecule has 3 atom stereocenters. The highest BCUT2D eigenvalue weighted by Gasteiger charge is 2.54. The van der Waals surface area contributed by atoms with Crippen molar-refractivity contribution in [3.8, 4) is 24.0 Å². The number of nitrogens with two attached hydrogens (primary N) is 1. The van der Waals surface area contributed by atoms with E-state index in [0.29, 0.717) is 5.56 Å². The number of hydrogen-bond donors (Lipinski definition) is 3. The predicted molar refractivity (Wildman–Crippen MR) is 124 cm³/mol. The molecule has 4 nitrogen and oxygen atoms in total. The Bertz CT molecular complexity index is 1060. The number of rotatable bonds is 7. The molecule has 158 valence electrons. The summed E-state index contributed by atoms with van der Waals surface area (Å²) in [4.78, 5) is 3.75. The van der Waals surface area contributed by atoms with Crippen LogP contribution in [0.4, 0.5) is 4.39 Å². The fourth-order valence-electron chi connectivity index (χ4n) is 3.83. The highest BCUT2D eigenvalue weighted by molar-refractivity contribution is 5.64. The lowest BCUT2D eigenvalue weighted by atomic mass is 10.0. The zero-order valence-electron chi connectivity index (χ0n) is 17.6. The number of halogens is 1. The minimum Gasteiger partial charge on any atom is -0.368 e. The maximum atomic E-state index is 14.1. The van der Waals surface area contributed by atoms with Gasteiger partial charge in [-0.05, 0) is 48.4 Å². The molecule has 0 aliphatic heterocycles. The molecule has 31 heavy (non-hydrogen) atoms. The molecule has 1 aliphatic rings. The molecule has 1 heterocycles. The SMILES string of the molecule is C#C.C=C(N[C@H](NC)c1cccc(-c2cccnc2F)c1)C1(N)CC1c1ccccc1. The van der Waals surface area contributed by atoms with Gasteiger partial charge in [0, 0.05) is 23.4 Å². The third-order valence-electron chi connectivity index (χ3n) is 5.66. The van der Waals surface area contributed by atoms with E-state index in [1.807, 2.05) is 49.5 Å². The van der Waals surface area contributed by atoms with E-state index in [2.05, 4.69) is 47.2 Å². The fourth-order valence-corrected chi connectivity index (χ4v) is 3.83. The fraction of sp³-hybridized carbons (Fsp3) is 0.192. The first kappa shape index (κ1) is 22.2. The van der Waals surface area contributed by atoms with Gasteiger partial charge in [-0.2, -0.15) is 4.39 Å². The smallest absolute Gasteiger partial charge is 0.220 e. The number of hydrogen-bond acceptors (Lipinski definition) is 4. The maximum Gasteiger partial charge on any atom is 0.220 e. The molecular weight excluding hydrogens is 387 g/mol. The Balaban J connectivity index is 0.00000132. The molecule has 0 bridgehead atoms. The maximum absolute atomic E-state index is 14.1.